The molecule has 0 radical (unpaired) electrons. The molecule has 0 atom stereocenters. The van der Waals surface area contributed by atoms with Crippen molar-refractivity contribution in [2.45, 2.75) is 12.8 Å². The van der Waals surface area contributed by atoms with Gasteiger partial charge in [-0.15, -0.1) is 11.3 Å². The highest BCUT2D eigenvalue weighted by Crippen LogP contribution is 2.03. The maximum Gasteiger partial charge on any atom is 0.0937 e. The number of rotatable bonds is 7. The Morgan fingerprint density at radius 2 is 2.31 bits per heavy atom. The molecular formula is C9H17N3S. The zero-order chi connectivity index (χ0) is 9.36. The Labute approximate surface area is 83.6 Å². The standard InChI is InChI=1S/C9H17N3S/c1-10-4-2-5-11-6-3-9-12-7-8-13-9/h7-8,10-11H,2-6H2,1H3. The van der Waals surface area contributed by atoms with Crippen LogP contribution in [0.5, 0.6) is 0 Å². The summed E-state index contributed by atoms with van der Waals surface area (Å²) in [6, 6.07) is 0. The number of hydrogen-bond acceptors (Lipinski definition) is 4. The van der Waals surface area contributed by atoms with Gasteiger partial charge in [-0.2, -0.15) is 0 Å². The van der Waals surface area contributed by atoms with E-state index in [2.05, 4.69) is 15.6 Å². The first kappa shape index (κ1) is 10.6. The molecule has 0 aliphatic rings. The van der Waals surface area contributed by atoms with Crippen LogP contribution >= 0.6 is 11.3 Å². The van der Waals surface area contributed by atoms with Gasteiger partial charge in [0.1, 0.15) is 0 Å². The van der Waals surface area contributed by atoms with Gasteiger partial charge in [-0.1, -0.05) is 0 Å². The average molecular weight is 199 g/mol. The summed E-state index contributed by atoms with van der Waals surface area (Å²) in [7, 11) is 1.98. The van der Waals surface area contributed by atoms with E-state index < -0.39 is 0 Å². The molecular weight excluding hydrogens is 182 g/mol. The maximum absolute atomic E-state index is 4.22. The van der Waals surface area contributed by atoms with Crippen molar-refractivity contribution < 1.29 is 0 Å². The summed E-state index contributed by atoms with van der Waals surface area (Å²) in [5, 5.41) is 9.75. The van der Waals surface area contributed by atoms with Crippen LogP contribution in [0.25, 0.3) is 0 Å². The molecule has 74 valence electrons. The van der Waals surface area contributed by atoms with Crippen LogP contribution in [0.4, 0.5) is 0 Å². The van der Waals surface area contributed by atoms with Crippen LogP contribution in [0.15, 0.2) is 11.6 Å². The molecule has 0 saturated carbocycles. The van der Waals surface area contributed by atoms with Gasteiger partial charge in [0.25, 0.3) is 0 Å². The van der Waals surface area contributed by atoms with E-state index in [0.29, 0.717) is 0 Å². The quantitative estimate of drug-likeness (QED) is 0.640. The molecule has 0 saturated heterocycles. The Kier molecular flexibility index (Phi) is 5.73. The lowest BCUT2D eigenvalue weighted by Crippen LogP contribution is -2.21. The molecule has 1 aromatic heterocycles. The van der Waals surface area contributed by atoms with Gasteiger partial charge in [0.15, 0.2) is 0 Å². The maximum atomic E-state index is 4.22. The third-order valence-electron chi connectivity index (χ3n) is 1.78. The van der Waals surface area contributed by atoms with E-state index in [-0.39, 0.29) is 0 Å². The molecule has 0 spiro atoms. The minimum atomic E-state index is 1.04. The molecule has 0 unspecified atom stereocenters. The Morgan fingerprint density at radius 3 is 3.00 bits per heavy atom. The monoisotopic (exact) mass is 199 g/mol. The van der Waals surface area contributed by atoms with Crippen molar-refractivity contribution in [3.8, 4) is 0 Å². The summed E-state index contributed by atoms with van der Waals surface area (Å²) >= 11 is 1.73. The van der Waals surface area contributed by atoms with Gasteiger partial charge in [0.2, 0.25) is 0 Å². The number of hydrogen-bond donors (Lipinski definition) is 2. The van der Waals surface area contributed by atoms with E-state index in [1.807, 2.05) is 18.6 Å². The summed E-state index contributed by atoms with van der Waals surface area (Å²) in [5.41, 5.74) is 0. The summed E-state index contributed by atoms with van der Waals surface area (Å²) < 4.78 is 0. The highest BCUT2D eigenvalue weighted by Gasteiger charge is 1.93. The van der Waals surface area contributed by atoms with Crippen LogP contribution in [0.1, 0.15) is 11.4 Å². The molecule has 0 aliphatic carbocycles. The molecule has 2 N–H and O–H groups in total. The highest BCUT2D eigenvalue weighted by atomic mass is 32.1. The largest absolute Gasteiger partial charge is 0.320 e. The van der Waals surface area contributed by atoms with Crippen molar-refractivity contribution in [1.82, 2.24) is 15.6 Å². The zero-order valence-electron chi connectivity index (χ0n) is 8.05. The van der Waals surface area contributed by atoms with Gasteiger partial charge >= 0.3 is 0 Å². The fraction of sp³-hybridized carbons (Fsp3) is 0.667. The van der Waals surface area contributed by atoms with Crippen LogP contribution < -0.4 is 10.6 Å². The topological polar surface area (TPSA) is 37.0 Å². The Balaban J connectivity index is 1.90. The Morgan fingerprint density at radius 1 is 1.38 bits per heavy atom. The summed E-state index contributed by atoms with van der Waals surface area (Å²) in [6.45, 7) is 3.22. The normalized spacial score (nSPS) is 10.5. The van der Waals surface area contributed by atoms with Gasteiger partial charge in [0, 0.05) is 24.5 Å². The van der Waals surface area contributed by atoms with Crippen molar-refractivity contribution >= 4 is 11.3 Å². The van der Waals surface area contributed by atoms with E-state index >= 15 is 0 Å². The lowest BCUT2D eigenvalue weighted by Gasteiger charge is -2.02. The summed E-state index contributed by atoms with van der Waals surface area (Å²) in [5.74, 6) is 0. The highest BCUT2D eigenvalue weighted by molar-refractivity contribution is 7.09. The molecule has 0 amide bonds. The lowest BCUT2D eigenvalue weighted by atomic mass is 10.4. The minimum Gasteiger partial charge on any atom is -0.320 e. The second-order valence-corrected chi connectivity index (χ2v) is 3.86. The van der Waals surface area contributed by atoms with Crippen LogP contribution in [-0.2, 0) is 6.42 Å². The van der Waals surface area contributed by atoms with E-state index in [4.69, 9.17) is 0 Å². The lowest BCUT2D eigenvalue weighted by molar-refractivity contribution is 0.624. The predicted octanol–water partition coefficient (Wildman–Crippen LogP) is 0.885. The number of aromatic nitrogens is 1. The smallest absolute Gasteiger partial charge is 0.0937 e. The third-order valence-corrected chi connectivity index (χ3v) is 2.62. The second-order valence-electron chi connectivity index (χ2n) is 2.88. The molecule has 1 aromatic rings. The van der Waals surface area contributed by atoms with E-state index in [9.17, 15) is 0 Å². The first-order valence-electron chi connectivity index (χ1n) is 4.67. The zero-order valence-corrected chi connectivity index (χ0v) is 8.86. The van der Waals surface area contributed by atoms with Gasteiger partial charge in [-0.3, -0.25) is 0 Å². The van der Waals surface area contributed by atoms with E-state index in [1.54, 1.807) is 11.3 Å². The predicted molar refractivity (Wildman–Crippen MR) is 57.2 cm³/mol. The Bertz CT molecular complexity index is 199. The molecule has 1 rings (SSSR count). The van der Waals surface area contributed by atoms with Crippen LogP contribution in [0.2, 0.25) is 0 Å². The molecule has 13 heavy (non-hydrogen) atoms. The van der Waals surface area contributed by atoms with Gasteiger partial charge < -0.3 is 10.6 Å². The second kappa shape index (κ2) is 7.00. The molecule has 4 heteroatoms. The van der Waals surface area contributed by atoms with Crippen LogP contribution in [-0.4, -0.2) is 31.7 Å². The van der Waals surface area contributed by atoms with Crippen LogP contribution in [0.3, 0.4) is 0 Å². The van der Waals surface area contributed by atoms with Crippen molar-refractivity contribution in [1.29, 1.82) is 0 Å². The summed E-state index contributed by atoms with van der Waals surface area (Å²) in [4.78, 5) is 4.22. The SMILES string of the molecule is CNCCCNCCc1nccs1. The van der Waals surface area contributed by atoms with Gasteiger partial charge in [-0.25, -0.2) is 4.98 Å². The van der Waals surface area contributed by atoms with Gasteiger partial charge in [-0.05, 0) is 26.6 Å². The van der Waals surface area contributed by atoms with Crippen molar-refractivity contribution in [2.24, 2.45) is 0 Å². The first-order chi connectivity index (χ1) is 6.43. The fourth-order valence-corrected chi connectivity index (χ4v) is 1.71. The van der Waals surface area contributed by atoms with Crippen molar-refractivity contribution in [3.63, 3.8) is 0 Å². The molecule has 0 aliphatic heterocycles. The average Bonchev–Trinajstić information content (AvgIpc) is 2.63. The van der Waals surface area contributed by atoms with Crippen molar-refractivity contribution in [2.75, 3.05) is 26.7 Å². The van der Waals surface area contributed by atoms with E-state index in [0.717, 1.165) is 26.1 Å². The molecule has 0 aromatic carbocycles. The molecule has 0 bridgehead atoms. The van der Waals surface area contributed by atoms with Crippen LogP contribution in [0, 0.1) is 0 Å². The Hall–Kier alpha value is -0.450. The molecule has 0 fully saturated rings. The van der Waals surface area contributed by atoms with Gasteiger partial charge in [0.05, 0.1) is 5.01 Å². The fourth-order valence-electron chi connectivity index (χ4n) is 1.09. The number of nitrogens with one attached hydrogen (secondary N) is 2. The minimum absolute atomic E-state index is 1.04. The third kappa shape index (κ3) is 4.98. The molecule has 3 nitrogen and oxygen atoms in total. The summed E-state index contributed by atoms with van der Waals surface area (Å²) in [6.07, 6.45) is 4.10. The first-order valence-corrected chi connectivity index (χ1v) is 5.55. The van der Waals surface area contributed by atoms with Crippen molar-refractivity contribution in [3.05, 3.63) is 16.6 Å². The molecule has 1 heterocycles. The van der Waals surface area contributed by atoms with E-state index in [1.165, 1.54) is 11.4 Å². The number of thiazole rings is 1. The number of nitrogens with zero attached hydrogens (tertiary/aromatic N) is 1.